The Labute approximate surface area is 390 Å². The van der Waals surface area contributed by atoms with Gasteiger partial charge in [0.2, 0.25) is 6.29 Å². The lowest BCUT2D eigenvalue weighted by molar-refractivity contribution is -0.356. The Hall–Kier alpha value is -2.55. The molecule has 29 heteroatoms. The average Bonchev–Trinajstić information content (AvgIpc) is 3.34. The summed E-state index contributed by atoms with van der Waals surface area (Å²) in [4.78, 5) is 12.2. The minimum atomic E-state index is -1.99. The summed E-state index contributed by atoms with van der Waals surface area (Å²) in [6, 6.07) is 0. The van der Waals surface area contributed by atoms with Crippen LogP contribution in [0, 0.1) is 5.92 Å². The maximum atomic E-state index is 12.2. The number of hydrogen-bond acceptors (Lipinski definition) is 29. The molecule has 7 rings (SSSR count). The van der Waals surface area contributed by atoms with Crippen LogP contribution >= 0.6 is 0 Å². The van der Waals surface area contributed by atoms with Gasteiger partial charge in [0, 0.05) is 0 Å². The molecule has 7 aliphatic heterocycles. The molecule has 0 bridgehead atoms. The van der Waals surface area contributed by atoms with Crippen molar-refractivity contribution in [2.75, 3.05) is 39.6 Å². The molecule has 5 saturated heterocycles. The van der Waals surface area contributed by atoms with E-state index < -0.39 is 205 Å². The summed E-state index contributed by atoms with van der Waals surface area (Å²) in [7, 11) is 0. The SMILES string of the molecule is C=CC1C2=CCOC(=O)C2=COC1OC1OC(COC2OC(COC3OC(COC4OC(COC5OC(CO)C(O)C(O)C5O)C(O)C(O)C4O)C(O)C(O)C3O)C(O)C(O)C2O)C(O)C(O)C1O. The van der Waals surface area contributed by atoms with Crippen LogP contribution in [0.2, 0.25) is 0 Å². The van der Waals surface area contributed by atoms with Crippen LogP contribution in [0.15, 0.2) is 36.1 Å². The van der Waals surface area contributed by atoms with Crippen LogP contribution in [0.5, 0.6) is 0 Å². The van der Waals surface area contributed by atoms with Crippen molar-refractivity contribution >= 4 is 5.97 Å². The number of cyclic esters (lactones) is 1. The third-order valence-electron chi connectivity index (χ3n) is 12.8. The van der Waals surface area contributed by atoms with Gasteiger partial charge in [0.05, 0.1) is 44.5 Å². The molecular formula is C40H60O29. The molecule has 5 fully saturated rings. The smallest absolute Gasteiger partial charge is 0.341 e. The largest absolute Gasteiger partial charge is 0.471 e. The lowest BCUT2D eigenvalue weighted by atomic mass is 9.89. The van der Waals surface area contributed by atoms with E-state index in [1.807, 2.05) is 0 Å². The summed E-state index contributed by atoms with van der Waals surface area (Å²) in [5.74, 6) is -1.41. The highest BCUT2D eigenvalue weighted by Crippen LogP contribution is 2.37. The monoisotopic (exact) mass is 1000 g/mol. The Bertz CT molecular complexity index is 1770. The van der Waals surface area contributed by atoms with Gasteiger partial charge in [-0.1, -0.05) is 6.08 Å². The molecule has 0 radical (unpaired) electrons. The fourth-order valence-corrected chi connectivity index (χ4v) is 8.50. The highest BCUT2D eigenvalue weighted by atomic mass is 16.8. The fraction of sp³-hybridized carbons (Fsp3) is 0.825. The van der Waals surface area contributed by atoms with E-state index in [-0.39, 0.29) is 12.2 Å². The van der Waals surface area contributed by atoms with E-state index in [2.05, 4.69) is 6.58 Å². The summed E-state index contributed by atoms with van der Waals surface area (Å²) >= 11 is 0. The number of aliphatic hydroxyl groups is 16. The van der Waals surface area contributed by atoms with Crippen molar-refractivity contribution in [2.24, 2.45) is 5.92 Å². The van der Waals surface area contributed by atoms with Gasteiger partial charge in [0.1, 0.15) is 135 Å². The summed E-state index contributed by atoms with van der Waals surface area (Å²) in [6.45, 7) is 0.0206. The lowest BCUT2D eigenvalue weighted by Crippen LogP contribution is -2.63. The zero-order valence-electron chi connectivity index (χ0n) is 36.2. The zero-order valence-corrected chi connectivity index (χ0v) is 36.2. The van der Waals surface area contributed by atoms with Crippen molar-refractivity contribution in [3.05, 3.63) is 36.1 Å². The second-order valence-corrected chi connectivity index (χ2v) is 17.3. The van der Waals surface area contributed by atoms with E-state index in [0.717, 1.165) is 6.26 Å². The molecule has 0 spiro atoms. The molecule has 7 aliphatic rings. The lowest BCUT2D eigenvalue weighted by Gasteiger charge is -2.45. The van der Waals surface area contributed by atoms with E-state index >= 15 is 0 Å². The number of ether oxygens (including phenoxy) is 12. The Morgan fingerprint density at radius 1 is 0.478 bits per heavy atom. The van der Waals surface area contributed by atoms with E-state index in [9.17, 15) is 86.5 Å². The minimum Gasteiger partial charge on any atom is -0.471 e. The normalized spacial score (nSPS) is 49.4. The Kier molecular flexibility index (Phi) is 18.2. The van der Waals surface area contributed by atoms with E-state index in [0.29, 0.717) is 5.57 Å². The number of hydrogen-bond donors (Lipinski definition) is 16. The van der Waals surface area contributed by atoms with E-state index in [1.165, 1.54) is 6.08 Å². The third-order valence-corrected chi connectivity index (χ3v) is 12.8. The highest BCUT2D eigenvalue weighted by molar-refractivity contribution is 5.94. The number of carbonyl (C=O) groups is 1. The van der Waals surface area contributed by atoms with Crippen LogP contribution in [0.3, 0.4) is 0 Å². The van der Waals surface area contributed by atoms with Gasteiger partial charge in [-0.3, -0.25) is 0 Å². The number of esters is 1. The van der Waals surface area contributed by atoms with Gasteiger partial charge in [0.25, 0.3) is 0 Å². The molecule has 7 heterocycles. The second kappa shape index (κ2) is 23.1. The minimum absolute atomic E-state index is 0.0316. The molecule has 394 valence electrons. The number of aliphatic hydroxyl groups excluding tert-OH is 16. The summed E-state index contributed by atoms with van der Waals surface area (Å²) in [5, 5.41) is 168. The van der Waals surface area contributed by atoms with E-state index in [1.54, 1.807) is 6.08 Å². The standard InChI is InChI=1S/C40H60O29/c1-2-11-12-3-4-58-34(57)13(12)6-59-35(11)69-40-33(56)28(51)23(46)18(68-40)10-63-39-32(55)27(50)22(45)17(67-39)9-62-38-31(54)26(49)21(44)16(66-38)8-61-37-30(53)25(48)20(43)15(65-37)7-60-36-29(52)24(47)19(42)14(5-41)64-36/h2-3,6,11,14-33,35-56H,1,4-5,7-10H2. The van der Waals surface area contributed by atoms with Crippen LogP contribution in [0.1, 0.15) is 0 Å². The van der Waals surface area contributed by atoms with Crippen molar-refractivity contribution in [3.8, 4) is 0 Å². The maximum absolute atomic E-state index is 12.2. The summed E-state index contributed by atoms with van der Waals surface area (Å²) < 4.78 is 66.3. The van der Waals surface area contributed by atoms with Crippen LogP contribution in [0.4, 0.5) is 0 Å². The van der Waals surface area contributed by atoms with Crippen molar-refractivity contribution in [3.63, 3.8) is 0 Å². The highest BCUT2D eigenvalue weighted by Gasteiger charge is 2.52. The molecule has 16 N–H and O–H groups in total. The first-order valence-electron chi connectivity index (χ1n) is 21.8. The molecule has 27 unspecified atom stereocenters. The quantitative estimate of drug-likeness (QED) is 0.0504. The Morgan fingerprint density at radius 2 is 0.812 bits per heavy atom. The molecule has 0 saturated carbocycles. The molecule has 0 amide bonds. The molecule has 69 heavy (non-hydrogen) atoms. The Morgan fingerprint density at radius 3 is 1.17 bits per heavy atom. The molecular weight excluding hydrogens is 944 g/mol. The molecule has 27 atom stereocenters. The van der Waals surface area contributed by atoms with Crippen molar-refractivity contribution < 1.29 is 143 Å². The fourth-order valence-electron chi connectivity index (χ4n) is 8.50. The van der Waals surface area contributed by atoms with Gasteiger partial charge >= 0.3 is 5.97 Å². The van der Waals surface area contributed by atoms with Gasteiger partial charge in [0.15, 0.2) is 31.5 Å². The first kappa shape index (κ1) is 54.2. The predicted molar refractivity (Wildman–Crippen MR) is 211 cm³/mol. The van der Waals surface area contributed by atoms with Crippen molar-refractivity contribution in [1.82, 2.24) is 0 Å². The van der Waals surface area contributed by atoms with Crippen LogP contribution < -0.4 is 0 Å². The van der Waals surface area contributed by atoms with Crippen molar-refractivity contribution in [1.29, 1.82) is 0 Å². The average molecular weight is 1000 g/mol. The van der Waals surface area contributed by atoms with Gasteiger partial charge in [-0.15, -0.1) is 6.58 Å². The van der Waals surface area contributed by atoms with Crippen LogP contribution in [-0.2, 0) is 61.6 Å². The van der Waals surface area contributed by atoms with Gasteiger partial charge < -0.3 is 139 Å². The molecule has 29 nitrogen and oxygen atoms in total. The molecule has 0 aliphatic carbocycles. The maximum Gasteiger partial charge on any atom is 0.341 e. The van der Waals surface area contributed by atoms with Crippen LogP contribution in [-0.4, -0.2) is 287 Å². The Balaban J connectivity index is 0.923. The van der Waals surface area contributed by atoms with Crippen LogP contribution in [0.25, 0.3) is 0 Å². The first-order valence-corrected chi connectivity index (χ1v) is 21.8. The van der Waals surface area contributed by atoms with Crippen molar-refractivity contribution in [2.45, 2.75) is 160 Å². The number of carbonyl (C=O) groups excluding carboxylic acids is 1. The molecule has 0 aromatic rings. The van der Waals surface area contributed by atoms with Gasteiger partial charge in [-0.2, -0.15) is 0 Å². The summed E-state index contributed by atoms with van der Waals surface area (Å²) in [6.07, 6.45) is -41.7. The van der Waals surface area contributed by atoms with Gasteiger partial charge in [-0.25, -0.2) is 4.79 Å². The van der Waals surface area contributed by atoms with E-state index in [4.69, 9.17) is 56.8 Å². The first-order chi connectivity index (χ1) is 32.8. The number of fused-ring (bicyclic) bond motifs is 1. The summed E-state index contributed by atoms with van der Waals surface area (Å²) in [5.41, 5.74) is 0.580. The zero-order chi connectivity index (χ0) is 50.2. The molecule has 0 aromatic carbocycles. The second-order valence-electron chi connectivity index (χ2n) is 17.3. The number of rotatable bonds is 16. The third kappa shape index (κ3) is 11.3. The predicted octanol–water partition coefficient (Wildman–Crippen LogP) is -10.4. The van der Waals surface area contributed by atoms with Gasteiger partial charge in [-0.05, 0) is 11.6 Å². The molecule has 0 aromatic heterocycles. The topological polar surface area (TPSA) is 452 Å².